The topological polar surface area (TPSA) is 68.6 Å². The van der Waals surface area contributed by atoms with Gasteiger partial charge in [0.2, 0.25) is 0 Å². The summed E-state index contributed by atoms with van der Waals surface area (Å²) in [5, 5.41) is 0. The lowest BCUT2D eigenvalue weighted by molar-refractivity contribution is 0.0514. The van der Waals surface area contributed by atoms with Crippen LogP contribution >= 0.6 is 0 Å². The van der Waals surface area contributed by atoms with E-state index >= 15 is 0 Å². The second-order valence-electron chi connectivity index (χ2n) is 6.73. The Kier molecular flexibility index (Phi) is 7.15. The minimum absolute atomic E-state index is 0.0322. The Morgan fingerprint density at radius 3 is 2.29 bits per heavy atom. The van der Waals surface area contributed by atoms with E-state index in [1.165, 1.54) is 0 Å². The van der Waals surface area contributed by atoms with Crippen molar-refractivity contribution in [3.63, 3.8) is 0 Å². The minimum atomic E-state index is -0.449. The van der Waals surface area contributed by atoms with Crippen LogP contribution in [0.4, 0.5) is 0 Å². The van der Waals surface area contributed by atoms with Crippen LogP contribution in [0.15, 0.2) is 30.3 Å². The van der Waals surface area contributed by atoms with Crippen LogP contribution in [0, 0.1) is 13.8 Å². The largest absolute Gasteiger partial charge is 0.461 e. The van der Waals surface area contributed by atoms with Crippen LogP contribution in [0.1, 0.15) is 62.7 Å². The maximum atomic E-state index is 13.1. The number of hydrogen-bond acceptors (Lipinski definition) is 4. The summed E-state index contributed by atoms with van der Waals surface area (Å²) in [5.74, 6) is -0.804. The molecule has 0 spiro atoms. The van der Waals surface area contributed by atoms with E-state index in [1.807, 2.05) is 13.0 Å². The second-order valence-corrected chi connectivity index (χ2v) is 6.73. The number of carbonyl (C=O) groups is 3. The Balaban J connectivity index is 2.33. The zero-order valence-corrected chi connectivity index (χ0v) is 17.2. The van der Waals surface area contributed by atoms with E-state index in [1.54, 1.807) is 61.6 Å². The quantitative estimate of drug-likeness (QED) is 0.516. The van der Waals surface area contributed by atoms with Crippen LogP contribution in [-0.2, 0) is 11.8 Å². The van der Waals surface area contributed by atoms with E-state index in [-0.39, 0.29) is 24.8 Å². The standard InChI is InChI=1S/C22H28N2O4/c1-6-13-24(21(26)17-11-9-8-10-12-17)14-18(25)19-15(3)20(22(27)28-7-2)23(5)16(19)4/h8-12H,6-7,13-14H2,1-5H3. The third kappa shape index (κ3) is 4.32. The summed E-state index contributed by atoms with van der Waals surface area (Å²) < 4.78 is 6.80. The highest BCUT2D eigenvalue weighted by Crippen LogP contribution is 2.23. The van der Waals surface area contributed by atoms with Crippen molar-refractivity contribution in [3.8, 4) is 0 Å². The molecule has 0 unspecified atom stereocenters. The van der Waals surface area contributed by atoms with Gasteiger partial charge < -0.3 is 14.2 Å². The summed E-state index contributed by atoms with van der Waals surface area (Å²) >= 11 is 0. The maximum Gasteiger partial charge on any atom is 0.355 e. The summed E-state index contributed by atoms with van der Waals surface area (Å²) in [6, 6.07) is 8.94. The minimum Gasteiger partial charge on any atom is -0.461 e. The number of aromatic nitrogens is 1. The molecular formula is C22H28N2O4. The molecule has 0 aliphatic carbocycles. The van der Waals surface area contributed by atoms with E-state index in [0.717, 1.165) is 6.42 Å². The first kappa shape index (κ1) is 21.4. The zero-order valence-electron chi connectivity index (χ0n) is 17.2. The number of ketones is 1. The third-order valence-corrected chi connectivity index (χ3v) is 4.81. The molecule has 1 heterocycles. The van der Waals surface area contributed by atoms with Crippen LogP contribution in [0.5, 0.6) is 0 Å². The predicted molar refractivity (Wildman–Crippen MR) is 108 cm³/mol. The first-order valence-electron chi connectivity index (χ1n) is 9.53. The van der Waals surface area contributed by atoms with Crippen molar-refractivity contribution in [2.45, 2.75) is 34.1 Å². The van der Waals surface area contributed by atoms with Gasteiger partial charge in [-0.05, 0) is 44.9 Å². The van der Waals surface area contributed by atoms with Crippen molar-refractivity contribution in [3.05, 3.63) is 58.4 Å². The van der Waals surface area contributed by atoms with Gasteiger partial charge in [0.25, 0.3) is 5.91 Å². The lowest BCUT2D eigenvalue weighted by Crippen LogP contribution is -2.36. The molecule has 0 radical (unpaired) electrons. The monoisotopic (exact) mass is 384 g/mol. The van der Waals surface area contributed by atoms with E-state index < -0.39 is 5.97 Å². The summed E-state index contributed by atoms with van der Waals surface area (Å²) in [5.41, 5.74) is 2.69. The summed E-state index contributed by atoms with van der Waals surface area (Å²) in [4.78, 5) is 39.8. The highest BCUT2D eigenvalue weighted by atomic mass is 16.5. The fourth-order valence-corrected chi connectivity index (χ4v) is 3.42. The first-order chi connectivity index (χ1) is 13.3. The molecule has 0 bridgehead atoms. The van der Waals surface area contributed by atoms with Gasteiger partial charge in [-0.1, -0.05) is 25.1 Å². The molecule has 2 aromatic rings. The Labute approximate surface area is 166 Å². The Hall–Kier alpha value is -2.89. The number of amides is 1. The molecule has 6 heteroatoms. The van der Waals surface area contributed by atoms with Gasteiger partial charge in [0, 0.05) is 30.4 Å². The molecule has 0 fully saturated rings. The van der Waals surface area contributed by atoms with Crippen molar-refractivity contribution in [2.24, 2.45) is 7.05 Å². The molecule has 0 saturated heterocycles. The highest BCUT2D eigenvalue weighted by Gasteiger charge is 2.27. The fourth-order valence-electron chi connectivity index (χ4n) is 3.42. The molecule has 0 N–H and O–H groups in total. The molecule has 6 nitrogen and oxygen atoms in total. The normalized spacial score (nSPS) is 10.6. The van der Waals surface area contributed by atoms with Crippen LogP contribution in [0.2, 0.25) is 0 Å². The SMILES string of the molecule is CCCN(CC(=O)c1c(C)c(C(=O)OCC)n(C)c1C)C(=O)c1ccccc1. The molecule has 0 aliphatic heterocycles. The number of rotatable bonds is 8. The number of ether oxygens (including phenoxy) is 1. The number of carbonyl (C=O) groups excluding carboxylic acids is 3. The average Bonchev–Trinajstić information content (AvgIpc) is 2.90. The third-order valence-electron chi connectivity index (χ3n) is 4.81. The summed E-state index contributed by atoms with van der Waals surface area (Å²) in [7, 11) is 1.74. The summed E-state index contributed by atoms with van der Waals surface area (Å²) in [6.07, 6.45) is 0.743. The molecule has 0 aliphatic rings. The van der Waals surface area contributed by atoms with Gasteiger partial charge in [-0.25, -0.2) is 4.79 Å². The lowest BCUT2D eigenvalue weighted by atomic mass is 10.0. The Morgan fingerprint density at radius 1 is 1.07 bits per heavy atom. The lowest BCUT2D eigenvalue weighted by Gasteiger charge is -2.21. The van der Waals surface area contributed by atoms with E-state index in [4.69, 9.17) is 4.74 Å². The first-order valence-corrected chi connectivity index (χ1v) is 9.53. The number of Topliss-reactive ketones (excluding diaryl/α,β-unsaturated/α-hetero) is 1. The Bertz CT molecular complexity index is 868. The number of hydrogen-bond donors (Lipinski definition) is 0. The fraction of sp³-hybridized carbons (Fsp3) is 0.409. The van der Waals surface area contributed by atoms with Crippen molar-refractivity contribution in [1.29, 1.82) is 0 Å². The van der Waals surface area contributed by atoms with Gasteiger partial charge in [-0.15, -0.1) is 0 Å². The van der Waals surface area contributed by atoms with Crippen molar-refractivity contribution in [2.75, 3.05) is 19.7 Å². The average molecular weight is 384 g/mol. The van der Waals surface area contributed by atoms with E-state index in [2.05, 4.69) is 0 Å². The number of benzene rings is 1. The second kappa shape index (κ2) is 9.35. The summed E-state index contributed by atoms with van der Waals surface area (Å²) in [6.45, 7) is 7.97. The van der Waals surface area contributed by atoms with Gasteiger partial charge in [-0.2, -0.15) is 0 Å². The highest BCUT2D eigenvalue weighted by molar-refractivity contribution is 6.06. The van der Waals surface area contributed by atoms with Gasteiger partial charge >= 0.3 is 5.97 Å². The van der Waals surface area contributed by atoms with Crippen molar-refractivity contribution < 1.29 is 19.1 Å². The molecule has 150 valence electrons. The zero-order chi connectivity index (χ0) is 20.8. The smallest absolute Gasteiger partial charge is 0.355 e. The molecule has 28 heavy (non-hydrogen) atoms. The van der Waals surface area contributed by atoms with E-state index in [9.17, 15) is 14.4 Å². The molecule has 1 amide bonds. The molecule has 0 saturated carbocycles. The van der Waals surface area contributed by atoms with Crippen LogP contribution < -0.4 is 0 Å². The number of nitrogens with zero attached hydrogens (tertiary/aromatic N) is 2. The van der Waals surface area contributed by atoms with Crippen LogP contribution in [0.3, 0.4) is 0 Å². The molecule has 1 aromatic heterocycles. The van der Waals surface area contributed by atoms with Crippen molar-refractivity contribution in [1.82, 2.24) is 9.47 Å². The van der Waals surface area contributed by atoms with Crippen molar-refractivity contribution >= 4 is 17.7 Å². The van der Waals surface area contributed by atoms with Crippen LogP contribution in [-0.4, -0.2) is 46.8 Å². The molecule has 1 aromatic carbocycles. The van der Waals surface area contributed by atoms with Gasteiger partial charge in [0.05, 0.1) is 13.2 Å². The Morgan fingerprint density at radius 2 is 1.71 bits per heavy atom. The van der Waals surface area contributed by atoms with Gasteiger partial charge in [0.1, 0.15) is 5.69 Å². The predicted octanol–water partition coefficient (Wildman–Crippen LogP) is 3.55. The molecular weight excluding hydrogens is 356 g/mol. The number of esters is 1. The van der Waals surface area contributed by atoms with E-state index in [0.29, 0.717) is 34.6 Å². The van der Waals surface area contributed by atoms with Gasteiger partial charge in [-0.3, -0.25) is 9.59 Å². The van der Waals surface area contributed by atoms with Gasteiger partial charge in [0.15, 0.2) is 5.78 Å². The molecule has 0 atom stereocenters. The maximum absolute atomic E-state index is 13.1. The van der Waals surface area contributed by atoms with Crippen LogP contribution in [0.25, 0.3) is 0 Å². The molecule has 2 rings (SSSR count).